The van der Waals surface area contributed by atoms with Crippen LogP contribution in [0.1, 0.15) is 330 Å². The second-order valence-corrected chi connectivity index (χ2v) is 23.2. The third-order valence-electron chi connectivity index (χ3n) is 14.3. The van der Waals surface area contributed by atoms with Crippen molar-refractivity contribution in [3.05, 3.63) is 36.5 Å². The van der Waals surface area contributed by atoms with Gasteiger partial charge in [0.25, 0.3) is 0 Å². The molecule has 0 aliphatic carbocycles. The first kappa shape index (κ1) is 87.1. The first-order valence-electron chi connectivity index (χ1n) is 32.1. The molecule has 0 saturated heterocycles. The van der Waals surface area contributed by atoms with Gasteiger partial charge in [-0.15, -0.1) is 0 Å². The number of phosphoric acid groups is 1. The average Bonchev–Trinajstić information content (AvgIpc) is 3.38. The van der Waals surface area contributed by atoms with Crippen LogP contribution in [0.4, 0.5) is 0 Å². The van der Waals surface area contributed by atoms with Gasteiger partial charge in [0.05, 0.1) is 35.7 Å². The molecule has 13 nitrogen and oxygen atoms in total. The second kappa shape index (κ2) is 68.1. The smallest absolute Gasteiger partial charge is 0.549 e. The summed E-state index contributed by atoms with van der Waals surface area (Å²) in [6.07, 6.45) is 66.8. The summed E-state index contributed by atoms with van der Waals surface area (Å²) in [5.74, 6) is -7.24. The van der Waals surface area contributed by atoms with Crippen LogP contribution < -0.4 is 15.3 Å². The quantitative estimate of drug-likeness (QED) is 0.0169. The van der Waals surface area contributed by atoms with Gasteiger partial charge in [-0.2, -0.15) is 0 Å². The predicted molar refractivity (Wildman–Crippen MR) is 330 cm³/mol. The summed E-state index contributed by atoms with van der Waals surface area (Å²) in [4.78, 5) is 87.4. The van der Waals surface area contributed by atoms with Crippen molar-refractivity contribution in [2.24, 2.45) is 17.8 Å². The summed E-state index contributed by atoms with van der Waals surface area (Å²) in [5, 5.41) is 32.4. The van der Waals surface area contributed by atoms with Crippen LogP contribution >= 0.6 is 7.82 Å². The Labute approximate surface area is 506 Å². The molecule has 0 heterocycles. The molecule has 0 aromatic rings. The molecule has 0 radical (unpaired) electrons. The number of hydrogen-bond acceptors (Lipinski definition) is 10. The van der Waals surface area contributed by atoms with Crippen LogP contribution in [0.25, 0.3) is 0 Å². The number of aliphatic carboxylic acids is 3. The third kappa shape index (κ3) is 77.3. The molecule has 0 fully saturated rings. The van der Waals surface area contributed by atoms with Crippen molar-refractivity contribution in [2.75, 3.05) is 0 Å². The standard InChI is InChI=1S/3C22H40O3.Al.H3O4P/c3*1-3-4-5-6-7-8-9-10-11-12-13-14-15-16-17-18-19-21(20(2)23)22(24)25;;1-5(2,3)4/h3*10-11,21H,3-9,12-19H2,1-2H3,(H,24,25);;(H3,1,2,3,4)/q;;;+3;/p-3/b3*11-10-;;. The Morgan fingerprint density at radius 2 is 0.444 bits per heavy atom. The fourth-order valence-corrected chi connectivity index (χ4v) is 9.25. The summed E-state index contributed by atoms with van der Waals surface area (Å²) in [7, 11) is -4.64. The fraction of sp³-hybridized carbons (Fsp3) is 0.818. The number of hydrogen-bond donors (Lipinski definition) is 3. The number of carboxylic acid groups (broad SMARTS) is 3. The van der Waals surface area contributed by atoms with Gasteiger partial charge in [-0.3, -0.25) is 14.4 Å². The zero-order valence-corrected chi connectivity index (χ0v) is 54.5. The van der Waals surface area contributed by atoms with Crippen molar-refractivity contribution < 1.29 is 63.3 Å². The maximum Gasteiger partial charge on any atom is 3.00 e. The molecule has 0 aliphatic heterocycles. The normalized spacial score (nSPS) is 12.4. The number of carbonyl (C=O) groups excluding carboxylic acids is 6. The monoisotopic (exact) mass is 1180 g/mol. The number of unbranched alkanes of at least 4 members (excludes halogenated alkanes) is 36. The maximum absolute atomic E-state index is 11.1. The van der Waals surface area contributed by atoms with Crippen LogP contribution in [0.5, 0.6) is 0 Å². The van der Waals surface area contributed by atoms with Gasteiger partial charge in [0.15, 0.2) is 0 Å². The molecular formula is C66H120AlO13P. The second-order valence-electron chi connectivity index (χ2n) is 22.1. The van der Waals surface area contributed by atoms with Gasteiger partial charge in [0.2, 0.25) is 0 Å². The molecule has 0 rings (SSSR count). The van der Waals surface area contributed by atoms with E-state index < -0.39 is 43.5 Å². The first-order chi connectivity index (χ1) is 38.3. The van der Waals surface area contributed by atoms with Gasteiger partial charge in [0, 0.05) is 0 Å². The Bertz CT molecular complexity index is 1380. The van der Waals surface area contributed by atoms with E-state index in [1.807, 2.05) is 0 Å². The van der Waals surface area contributed by atoms with E-state index >= 15 is 0 Å². The van der Waals surface area contributed by atoms with Gasteiger partial charge < -0.3 is 44.4 Å². The molecule has 0 bridgehead atoms. The molecule has 3 N–H and O–H groups in total. The van der Waals surface area contributed by atoms with Crippen molar-refractivity contribution >= 4 is 60.4 Å². The minimum absolute atomic E-state index is 0. The van der Waals surface area contributed by atoms with Gasteiger partial charge in [-0.25, -0.2) is 4.57 Å². The van der Waals surface area contributed by atoms with E-state index in [-0.39, 0.29) is 34.7 Å². The molecule has 0 aromatic heterocycles. The van der Waals surface area contributed by atoms with Crippen molar-refractivity contribution in [3.8, 4) is 0 Å². The Balaban J connectivity index is -0.000000339. The van der Waals surface area contributed by atoms with Gasteiger partial charge >= 0.3 is 25.2 Å². The summed E-state index contributed by atoms with van der Waals surface area (Å²) in [6, 6.07) is 0. The van der Waals surface area contributed by atoms with Gasteiger partial charge in [-0.05, 0) is 117 Å². The van der Waals surface area contributed by atoms with Crippen molar-refractivity contribution in [2.45, 2.75) is 330 Å². The minimum atomic E-state index is -4.64. The Kier molecular flexibility index (Phi) is 73.2. The van der Waals surface area contributed by atoms with Crippen LogP contribution in [0.15, 0.2) is 36.5 Å². The number of carboxylic acids is 3. The summed E-state index contributed by atoms with van der Waals surface area (Å²) < 4.78 is 8.88. The zero-order valence-electron chi connectivity index (χ0n) is 52.5. The largest absolute Gasteiger partial charge is 3.00 e. The van der Waals surface area contributed by atoms with E-state index in [4.69, 9.17) is 19.2 Å². The first-order valence-corrected chi connectivity index (χ1v) is 33.7. The number of rotatable bonds is 54. The number of allylic oxidation sites excluding steroid dienone is 6. The number of carbonyl (C=O) groups is 6. The molecule has 0 saturated carbocycles. The molecule has 470 valence electrons. The van der Waals surface area contributed by atoms with E-state index in [2.05, 4.69) is 57.2 Å². The van der Waals surface area contributed by atoms with E-state index in [0.717, 1.165) is 57.8 Å². The molecule has 0 amide bonds. The molecule has 3 atom stereocenters. The molecular weight excluding hydrogens is 1060 g/mol. The summed E-state index contributed by atoms with van der Waals surface area (Å²) >= 11 is 0. The van der Waals surface area contributed by atoms with Crippen LogP contribution in [0.3, 0.4) is 0 Å². The van der Waals surface area contributed by atoms with Crippen LogP contribution in [-0.4, -0.2) is 67.3 Å². The molecule has 81 heavy (non-hydrogen) atoms. The molecule has 0 aliphatic rings. The van der Waals surface area contributed by atoms with Crippen molar-refractivity contribution in [1.82, 2.24) is 0 Å². The number of ketones is 3. The minimum Gasteiger partial charge on any atom is -0.549 e. The maximum atomic E-state index is 11.1. The average molecular weight is 1180 g/mol. The van der Waals surface area contributed by atoms with Gasteiger partial charge in [0.1, 0.15) is 17.3 Å². The van der Waals surface area contributed by atoms with E-state index in [1.54, 1.807) is 0 Å². The Hall–Kier alpha value is -2.72. The molecule has 0 aromatic carbocycles. The fourth-order valence-electron chi connectivity index (χ4n) is 9.25. The molecule has 15 heteroatoms. The van der Waals surface area contributed by atoms with Crippen LogP contribution in [-0.2, 0) is 33.3 Å². The topological polar surface area (TPSA) is 249 Å². The number of Topliss-reactive ketones (excluding diaryl/α,β-unsaturated/α-hetero) is 3. The van der Waals surface area contributed by atoms with E-state index in [1.165, 1.54) is 233 Å². The van der Waals surface area contributed by atoms with E-state index in [0.29, 0.717) is 19.3 Å². The Morgan fingerprint density at radius 3 is 0.580 bits per heavy atom. The molecule has 3 unspecified atom stereocenters. The third-order valence-corrected chi connectivity index (χ3v) is 14.3. The van der Waals surface area contributed by atoms with Gasteiger partial charge in [-0.1, -0.05) is 250 Å². The predicted octanol–water partition coefficient (Wildman–Crippen LogP) is 14.8. The SMILES string of the molecule is CCCCCCCC/C=C\CCCCCCCCC(C(C)=O)C(=O)[O-].CCCCCCCC/C=C\CCCCCCCCC(C(C)=O)C(=O)[O-].CCCCCCCC/C=C\CCCCCCCCC(C(C)=O)C(=O)[O-].O=P(O)(O)O.[Al+3]. The van der Waals surface area contributed by atoms with E-state index in [9.17, 15) is 44.1 Å². The summed E-state index contributed by atoms with van der Waals surface area (Å²) in [5.41, 5.74) is 0. The summed E-state index contributed by atoms with van der Waals surface area (Å²) in [6.45, 7) is 10.8. The van der Waals surface area contributed by atoms with Crippen molar-refractivity contribution in [1.29, 1.82) is 0 Å². The van der Waals surface area contributed by atoms with Crippen LogP contribution in [0.2, 0.25) is 0 Å². The van der Waals surface area contributed by atoms with Crippen LogP contribution in [0, 0.1) is 17.8 Å². The molecule has 0 spiro atoms. The zero-order chi connectivity index (χ0) is 60.8. The van der Waals surface area contributed by atoms with Crippen molar-refractivity contribution in [3.63, 3.8) is 0 Å². The Morgan fingerprint density at radius 1 is 0.309 bits per heavy atom.